The molecular formula is C28H30N6O3. The number of aromatic nitrogens is 3. The summed E-state index contributed by atoms with van der Waals surface area (Å²) in [5, 5.41) is 7.24. The number of hydrogen-bond donors (Lipinski definition) is 3. The van der Waals surface area contributed by atoms with Crippen LogP contribution >= 0.6 is 0 Å². The van der Waals surface area contributed by atoms with Crippen LogP contribution in [0.3, 0.4) is 0 Å². The average Bonchev–Trinajstić information content (AvgIpc) is 3.39. The molecule has 3 aromatic heterocycles. The van der Waals surface area contributed by atoms with E-state index < -0.39 is 0 Å². The van der Waals surface area contributed by atoms with Crippen LogP contribution in [-0.4, -0.2) is 58.7 Å². The maximum Gasteiger partial charge on any atom is 0.323 e. The molecule has 37 heavy (non-hydrogen) atoms. The van der Waals surface area contributed by atoms with Gasteiger partial charge in [-0.05, 0) is 72.8 Å². The number of nitrogens with zero attached hydrogens (tertiary/aromatic N) is 3. The molecule has 9 heteroatoms. The Hall–Kier alpha value is -3.95. The van der Waals surface area contributed by atoms with Gasteiger partial charge in [0.1, 0.15) is 23.0 Å². The predicted molar refractivity (Wildman–Crippen MR) is 142 cm³/mol. The van der Waals surface area contributed by atoms with Crippen LogP contribution in [0, 0.1) is 0 Å². The third kappa shape index (κ3) is 4.87. The maximum absolute atomic E-state index is 12.9. The van der Waals surface area contributed by atoms with Gasteiger partial charge in [-0.1, -0.05) is 6.07 Å². The van der Waals surface area contributed by atoms with E-state index >= 15 is 0 Å². The number of carbonyl (C=O) groups excluding carboxylic acids is 1. The molecule has 1 aromatic carbocycles. The van der Waals surface area contributed by atoms with Crippen LogP contribution in [0.5, 0.6) is 11.5 Å². The second-order valence-corrected chi connectivity index (χ2v) is 9.51. The molecule has 2 amide bonds. The smallest absolute Gasteiger partial charge is 0.323 e. The molecule has 0 atom stereocenters. The van der Waals surface area contributed by atoms with Crippen molar-refractivity contribution < 1.29 is 14.3 Å². The van der Waals surface area contributed by atoms with Crippen molar-refractivity contribution in [2.45, 2.75) is 31.8 Å². The number of fused-ring (bicyclic) bond motifs is 2. The Morgan fingerprint density at radius 3 is 2.86 bits per heavy atom. The van der Waals surface area contributed by atoms with E-state index in [1.165, 1.54) is 11.1 Å². The first kappa shape index (κ1) is 23.4. The Bertz CT molecular complexity index is 1430. The second kappa shape index (κ2) is 10.2. The number of amides is 2. The van der Waals surface area contributed by atoms with E-state index in [0.717, 1.165) is 60.3 Å². The molecule has 0 bridgehead atoms. The van der Waals surface area contributed by atoms with Gasteiger partial charge in [0.05, 0.1) is 5.39 Å². The Morgan fingerprint density at radius 1 is 1.11 bits per heavy atom. The molecule has 1 fully saturated rings. The molecule has 0 aliphatic carbocycles. The van der Waals surface area contributed by atoms with Gasteiger partial charge in [0.25, 0.3) is 0 Å². The highest BCUT2D eigenvalue weighted by molar-refractivity contribution is 5.99. The molecule has 0 radical (unpaired) electrons. The van der Waals surface area contributed by atoms with Crippen molar-refractivity contribution in [3.05, 3.63) is 66.1 Å². The summed E-state index contributed by atoms with van der Waals surface area (Å²) in [6.45, 7) is 3.21. The first-order chi connectivity index (χ1) is 18.2. The van der Waals surface area contributed by atoms with Gasteiger partial charge in [-0.3, -0.25) is 5.32 Å². The standard InChI is InChI=1S/C28H30N6O3/c1-34(21-7-12-36-13-8-21)28(35)33-25-15-19(5-10-30-25)23-17-32-27-26(23)24(6-11-31-27)37-22-3-2-18-4-9-29-16-20(18)14-22/h2-3,5-6,10-11,14-15,17,21,29H,4,7-9,12-13,16H2,1H3,(H,31,32)(H,30,33,35). The van der Waals surface area contributed by atoms with Gasteiger partial charge >= 0.3 is 6.03 Å². The van der Waals surface area contributed by atoms with Crippen molar-refractivity contribution in [1.82, 2.24) is 25.2 Å². The molecule has 0 unspecified atom stereocenters. The molecule has 2 aliphatic rings. The van der Waals surface area contributed by atoms with Gasteiger partial charge in [-0.2, -0.15) is 0 Å². The number of carbonyl (C=O) groups is 1. The monoisotopic (exact) mass is 498 g/mol. The van der Waals surface area contributed by atoms with Crippen LogP contribution in [0.25, 0.3) is 22.2 Å². The highest BCUT2D eigenvalue weighted by Gasteiger charge is 2.23. The number of aromatic amines is 1. The van der Waals surface area contributed by atoms with E-state index in [9.17, 15) is 4.79 Å². The number of anilines is 1. The first-order valence-corrected chi connectivity index (χ1v) is 12.7. The Kier molecular flexibility index (Phi) is 6.46. The zero-order valence-electron chi connectivity index (χ0n) is 20.8. The number of nitrogens with one attached hydrogen (secondary N) is 3. The lowest BCUT2D eigenvalue weighted by atomic mass is 10.0. The van der Waals surface area contributed by atoms with Gasteiger partial charge in [-0.25, -0.2) is 14.8 Å². The molecule has 1 saturated heterocycles. The summed E-state index contributed by atoms with van der Waals surface area (Å²) in [5.74, 6) is 2.00. The van der Waals surface area contributed by atoms with E-state index in [2.05, 4.69) is 37.7 Å². The summed E-state index contributed by atoms with van der Waals surface area (Å²) in [5.41, 5.74) is 5.19. The van der Waals surface area contributed by atoms with E-state index in [4.69, 9.17) is 9.47 Å². The van der Waals surface area contributed by atoms with Gasteiger partial charge in [0, 0.05) is 57.0 Å². The minimum Gasteiger partial charge on any atom is -0.457 e. The lowest BCUT2D eigenvalue weighted by molar-refractivity contribution is 0.0544. The molecular weight excluding hydrogens is 468 g/mol. The third-order valence-corrected chi connectivity index (χ3v) is 7.19. The average molecular weight is 499 g/mol. The topological polar surface area (TPSA) is 104 Å². The number of pyridine rings is 2. The zero-order valence-corrected chi connectivity index (χ0v) is 20.8. The van der Waals surface area contributed by atoms with Crippen LogP contribution in [0.1, 0.15) is 24.0 Å². The Morgan fingerprint density at radius 2 is 1.97 bits per heavy atom. The van der Waals surface area contributed by atoms with E-state index in [-0.39, 0.29) is 12.1 Å². The van der Waals surface area contributed by atoms with Gasteiger partial charge in [-0.15, -0.1) is 0 Å². The number of rotatable bonds is 5. The predicted octanol–water partition coefficient (Wildman–Crippen LogP) is 4.71. The summed E-state index contributed by atoms with van der Waals surface area (Å²) >= 11 is 0. The summed E-state index contributed by atoms with van der Waals surface area (Å²) in [6.07, 6.45) is 8.06. The number of H-pyrrole nitrogens is 1. The van der Waals surface area contributed by atoms with Crippen LogP contribution in [0.2, 0.25) is 0 Å². The van der Waals surface area contributed by atoms with E-state index in [1.807, 2.05) is 37.5 Å². The number of urea groups is 1. The maximum atomic E-state index is 12.9. The van der Waals surface area contributed by atoms with Crippen molar-refractivity contribution in [2.24, 2.45) is 0 Å². The van der Waals surface area contributed by atoms with Crippen LogP contribution in [0.15, 0.2) is 55.0 Å². The SMILES string of the molecule is CN(C(=O)Nc1cc(-c2c[nH]c3nccc(Oc4ccc5c(c4)CNCC5)c23)ccn1)C1CCOCC1. The van der Waals surface area contributed by atoms with Crippen molar-refractivity contribution >= 4 is 22.9 Å². The van der Waals surface area contributed by atoms with Crippen LogP contribution in [0.4, 0.5) is 10.6 Å². The fourth-order valence-corrected chi connectivity index (χ4v) is 5.09. The summed E-state index contributed by atoms with van der Waals surface area (Å²) in [4.78, 5) is 26.8. The van der Waals surface area contributed by atoms with E-state index in [1.54, 1.807) is 17.3 Å². The molecule has 0 saturated carbocycles. The van der Waals surface area contributed by atoms with Crippen LogP contribution in [-0.2, 0) is 17.7 Å². The van der Waals surface area contributed by atoms with Crippen molar-refractivity contribution in [2.75, 3.05) is 32.1 Å². The molecule has 3 N–H and O–H groups in total. The van der Waals surface area contributed by atoms with Crippen molar-refractivity contribution in [3.63, 3.8) is 0 Å². The Labute approximate surface area is 215 Å². The lowest BCUT2D eigenvalue weighted by Crippen LogP contribution is -2.42. The van der Waals surface area contributed by atoms with Gasteiger partial charge in [0.2, 0.25) is 0 Å². The van der Waals surface area contributed by atoms with Gasteiger partial charge < -0.3 is 24.7 Å². The quantitative estimate of drug-likeness (QED) is 0.368. The normalized spacial score (nSPS) is 15.8. The van der Waals surface area contributed by atoms with Gasteiger partial charge in [0.15, 0.2) is 0 Å². The first-order valence-electron chi connectivity index (χ1n) is 12.7. The largest absolute Gasteiger partial charge is 0.457 e. The second-order valence-electron chi connectivity index (χ2n) is 9.51. The zero-order chi connectivity index (χ0) is 25.2. The highest BCUT2D eigenvalue weighted by Crippen LogP contribution is 2.37. The lowest BCUT2D eigenvalue weighted by Gasteiger charge is -2.31. The number of hydrogen-bond acceptors (Lipinski definition) is 6. The molecule has 190 valence electrons. The number of benzene rings is 1. The highest BCUT2D eigenvalue weighted by atomic mass is 16.5. The molecule has 6 rings (SSSR count). The summed E-state index contributed by atoms with van der Waals surface area (Å²) < 4.78 is 11.8. The summed E-state index contributed by atoms with van der Waals surface area (Å²) in [6, 6.07) is 11.9. The number of ether oxygens (including phenoxy) is 2. The Balaban J connectivity index is 1.27. The minimum absolute atomic E-state index is 0.163. The minimum atomic E-state index is -0.178. The molecule has 0 spiro atoms. The van der Waals surface area contributed by atoms with Crippen molar-refractivity contribution in [1.29, 1.82) is 0 Å². The molecule has 2 aliphatic heterocycles. The van der Waals surface area contributed by atoms with E-state index in [0.29, 0.717) is 24.8 Å². The third-order valence-electron chi connectivity index (χ3n) is 7.19. The van der Waals surface area contributed by atoms with Crippen molar-refractivity contribution in [3.8, 4) is 22.6 Å². The van der Waals surface area contributed by atoms with Crippen LogP contribution < -0.4 is 15.4 Å². The summed E-state index contributed by atoms with van der Waals surface area (Å²) in [7, 11) is 1.82. The fraction of sp³-hybridized carbons (Fsp3) is 0.321. The molecule has 4 aromatic rings. The fourth-order valence-electron chi connectivity index (χ4n) is 5.09. The molecule has 5 heterocycles. The molecule has 9 nitrogen and oxygen atoms in total.